The zero-order valence-electron chi connectivity index (χ0n) is 10.2. The van der Waals surface area contributed by atoms with E-state index in [2.05, 4.69) is 5.32 Å². The molecule has 5 nitrogen and oxygen atoms in total. The fraction of sp³-hybridized carbons (Fsp3) is 0.500. The predicted octanol–water partition coefficient (Wildman–Crippen LogP) is 2.14. The van der Waals surface area contributed by atoms with Gasteiger partial charge in [-0.15, -0.1) is 0 Å². The molecule has 0 radical (unpaired) electrons. The van der Waals surface area contributed by atoms with E-state index in [1.54, 1.807) is 0 Å². The first-order valence-corrected chi connectivity index (χ1v) is 5.47. The lowest BCUT2D eigenvalue weighted by Crippen LogP contribution is -2.33. The molecule has 0 aliphatic carbocycles. The molecule has 0 bridgehead atoms. The Morgan fingerprint density at radius 2 is 1.94 bits per heavy atom. The molecular weight excluding hydrogens is 222 g/mol. The molecule has 0 aromatic carbocycles. The molecule has 1 aromatic heterocycles. The minimum atomic E-state index is -1.18. The SMILES string of the molecule is CCC(C)(C)CNC(=O)c1ccc(C(=O)O)o1. The van der Waals surface area contributed by atoms with Gasteiger partial charge in [-0.3, -0.25) is 4.79 Å². The lowest BCUT2D eigenvalue weighted by Gasteiger charge is -2.22. The van der Waals surface area contributed by atoms with E-state index in [-0.39, 0.29) is 22.8 Å². The van der Waals surface area contributed by atoms with Crippen molar-refractivity contribution in [3.63, 3.8) is 0 Å². The third-order valence-corrected chi connectivity index (χ3v) is 2.73. The zero-order valence-corrected chi connectivity index (χ0v) is 10.2. The Kier molecular flexibility index (Phi) is 3.93. The molecule has 2 N–H and O–H groups in total. The van der Waals surface area contributed by atoms with Gasteiger partial charge in [0.2, 0.25) is 5.76 Å². The fourth-order valence-electron chi connectivity index (χ4n) is 1.11. The van der Waals surface area contributed by atoms with Crippen molar-refractivity contribution in [1.29, 1.82) is 0 Å². The molecule has 0 saturated carbocycles. The van der Waals surface area contributed by atoms with Gasteiger partial charge < -0.3 is 14.8 Å². The molecule has 0 aliphatic heterocycles. The smallest absolute Gasteiger partial charge is 0.371 e. The molecule has 0 saturated heterocycles. The van der Waals surface area contributed by atoms with E-state index < -0.39 is 5.97 Å². The quantitative estimate of drug-likeness (QED) is 0.825. The van der Waals surface area contributed by atoms with Gasteiger partial charge in [0.15, 0.2) is 5.76 Å². The second-order valence-electron chi connectivity index (χ2n) is 4.67. The monoisotopic (exact) mass is 239 g/mol. The lowest BCUT2D eigenvalue weighted by atomic mass is 9.90. The maximum atomic E-state index is 11.6. The van der Waals surface area contributed by atoms with Gasteiger partial charge in [-0.25, -0.2) is 4.79 Å². The summed E-state index contributed by atoms with van der Waals surface area (Å²) in [5.74, 6) is -1.78. The van der Waals surface area contributed by atoms with Crippen molar-refractivity contribution in [3.8, 4) is 0 Å². The minimum absolute atomic E-state index is 0.0118. The number of aromatic carboxylic acids is 1. The van der Waals surface area contributed by atoms with Crippen molar-refractivity contribution in [2.75, 3.05) is 6.54 Å². The van der Waals surface area contributed by atoms with Crippen LogP contribution in [0.1, 0.15) is 48.3 Å². The standard InChI is InChI=1S/C12H17NO4/c1-4-12(2,3)7-13-10(14)8-5-6-9(17-8)11(15)16/h5-6H,4,7H2,1-3H3,(H,13,14)(H,15,16). The summed E-state index contributed by atoms with van der Waals surface area (Å²) in [4.78, 5) is 22.2. The van der Waals surface area contributed by atoms with E-state index in [9.17, 15) is 9.59 Å². The average Bonchev–Trinajstić information content (AvgIpc) is 2.75. The van der Waals surface area contributed by atoms with Crippen LogP contribution in [0.5, 0.6) is 0 Å². The number of carboxylic acid groups (broad SMARTS) is 1. The maximum absolute atomic E-state index is 11.6. The van der Waals surface area contributed by atoms with Crippen LogP contribution in [-0.2, 0) is 0 Å². The van der Waals surface area contributed by atoms with E-state index in [4.69, 9.17) is 9.52 Å². The highest BCUT2D eigenvalue weighted by molar-refractivity contribution is 5.93. The number of hydrogen-bond donors (Lipinski definition) is 2. The largest absolute Gasteiger partial charge is 0.475 e. The highest BCUT2D eigenvalue weighted by Crippen LogP contribution is 2.18. The minimum Gasteiger partial charge on any atom is -0.475 e. The number of carbonyl (C=O) groups is 2. The summed E-state index contributed by atoms with van der Waals surface area (Å²) in [6, 6.07) is 2.62. The molecule has 1 heterocycles. The van der Waals surface area contributed by atoms with Crippen LogP contribution >= 0.6 is 0 Å². The molecule has 0 fully saturated rings. The van der Waals surface area contributed by atoms with Crippen molar-refractivity contribution in [2.24, 2.45) is 5.41 Å². The predicted molar refractivity (Wildman–Crippen MR) is 62.1 cm³/mol. The van der Waals surface area contributed by atoms with Gasteiger partial charge in [-0.1, -0.05) is 20.8 Å². The Morgan fingerprint density at radius 3 is 2.41 bits per heavy atom. The number of amides is 1. The summed E-state index contributed by atoms with van der Waals surface area (Å²) in [5.41, 5.74) is 0.0118. The summed E-state index contributed by atoms with van der Waals surface area (Å²) in [5, 5.41) is 11.4. The van der Waals surface area contributed by atoms with Gasteiger partial charge in [-0.05, 0) is 24.0 Å². The Balaban J connectivity index is 2.61. The number of rotatable bonds is 5. The molecule has 0 atom stereocenters. The zero-order chi connectivity index (χ0) is 13.1. The number of carboxylic acids is 1. The highest BCUT2D eigenvalue weighted by atomic mass is 16.4. The average molecular weight is 239 g/mol. The van der Waals surface area contributed by atoms with Crippen molar-refractivity contribution < 1.29 is 19.1 Å². The van der Waals surface area contributed by atoms with Gasteiger partial charge in [0.25, 0.3) is 5.91 Å². The number of hydrogen-bond acceptors (Lipinski definition) is 3. The number of furan rings is 1. The molecule has 0 aliphatic rings. The van der Waals surface area contributed by atoms with E-state index in [1.165, 1.54) is 12.1 Å². The van der Waals surface area contributed by atoms with Gasteiger partial charge in [0, 0.05) is 6.54 Å². The van der Waals surface area contributed by atoms with E-state index in [0.29, 0.717) is 6.54 Å². The summed E-state index contributed by atoms with van der Waals surface area (Å²) in [7, 11) is 0. The topological polar surface area (TPSA) is 79.5 Å². The van der Waals surface area contributed by atoms with Crippen LogP contribution < -0.4 is 5.32 Å². The molecule has 94 valence electrons. The summed E-state index contributed by atoms with van der Waals surface area (Å²) in [6.07, 6.45) is 0.936. The second-order valence-corrected chi connectivity index (χ2v) is 4.67. The molecule has 1 aromatic rings. The molecular formula is C12H17NO4. The Bertz CT molecular complexity index is 420. The number of nitrogens with one attached hydrogen (secondary N) is 1. The Hall–Kier alpha value is -1.78. The normalized spacial score (nSPS) is 11.2. The molecule has 1 amide bonds. The van der Waals surface area contributed by atoms with Crippen molar-refractivity contribution >= 4 is 11.9 Å². The molecule has 0 spiro atoms. The van der Waals surface area contributed by atoms with Crippen LogP contribution in [0.2, 0.25) is 0 Å². The lowest BCUT2D eigenvalue weighted by molar-refractivity contribution is 0.0659. The second kappa shape index (κ2) is 5.03. The van der Waals surface area contributed by atoms with Gasteiger partial charge in [-0.2, -0.15) is 0 Å². The Morgan fingerprint density at radius 1 is 1.35 bits per heavy atom. The van der Waals surface area contributed by atoms with Crippen LogP contribution in [0.3, 0.4) is 0 Å². The molecule has 0 unspecified atom stereocenters. The molecule has 17 heavy (non-hydrogen) atoms. The fourth-order valence-corrected chi connectivity index (χ4v) is 1.11. The van der Waals surface area contributed by atoms with Crippen LogP contribution in [0.25, 0.3) is 0 Å². The number of carbonyl (C=O) groups excluding carboxylic acids is 1. The summed E-state index contributed by atoms with van der Waals surface area (Å²) >= 11 is 0. The van der Waals surface area contributed by atoms with Gasteiger partial charge in [0.05, 0.1) is 0 Å². The Labute approximate surface area is 99.8 Å². The van der Waals surface area contributed by atoms with Crippen LogP contribution in [-0.4, -0.2) is 23.5 Å². The molecule has 5 heteroatoms. The third-order valence-electron chi connectivity index (χ3n) is 2.73. The summed E-state index contributed by atoms with van der Waals surface area (Å²) < 4.78 is 4.89. The van der Waals surface area contributed by atoms with Crippen molar-refractivity contribution in [1.82, 2.24) is 5.32 Å². The van der Waals surface area contributed by atoms with Crippen LogP contribution in [0.15, 0.2) is 16.5 Å². The van der Waals surface area contributed by atoms with Crippen LogP contribution in [0.4, 0.5) is 0 Å². The maximum Gasteiger partial charge on any atom is 0.371 e. The highest BCUT2D eigenvalue weighted by Gasteiger charge is 2.19. The van der Waals surface area contributed by atoms with E-state index in [0.717, 1.165) is 6.42 Å². The first-order valence-electron chi connectivity index (χ1n) is 5.47. The van der Waals surface area contributed by atoms with Gasteiger partial charge in [0.1, 0.15) is 0 Å². The van der Waals surface area contributed by atoms with Gasteiger partial charge >= 0.3 is 5.97 Å². The van der Waals surface area contributed by atoms with E-state index >= 15 is 0 Å². The van der Waals surface area contributed by atoms with Crippen molar-refractivity contribution in [3.05, 3.63) is 23.7 Å². The third kappa shape index (κ3) is 3.62. The van der Waals surface area contributed by atoms with Crippen LogP contribution in [0, 0.1) is 5.41 Å². The summed E-state index contributed by atoms with van der Waals surface area (Å²) in [6.45, 7) is 6.64. The first kappa shape index (κ1) is 13.3. The molecule has 1 rings (SSSR count). The van der Waals surface area contributed by atoms with Crippen molar-refractivity contribution in [2.45, 2.75) is 27.2 Å². The first-order chi connectivity index (χ1) is 7.85. The van der Waals surface area contributed by atoms with E-state index in [1.807, 2.05) is 20.8 Å².